The summed E-state index contributed by atoms with van der Waals surface area (Å²) >= 11 is 1.84. The molecule has 0 unspecified atom stereocenters. The van der Waals surface area contributed by atoms with E-state index in [1.54, 1.807) is 14.2 Å². The molecule has 0 aliphatic heterocycles. The molecule has 2 rings (SSSR count). The van der Waals surface area contributed by atoms with Gasteiger partial charge in [0.15, 0.2) is 0 Å². The van der Waals surface area contributed by atoms with Crippen LogP contribution >= 0.6 is 11.8 Å². The number of thioether (sulfide) groups is 1. The number of ether oxygens (including phenoxy) is 2. The van der Waals surface area contributed by atoms with Crippen LogP contribution in [0.2, 0.25) is 0 Å². The summed E-state index contributed by atoms with van der Waals surface area (Å²) in [6.45, 7) is 2.89. The van der Waals surface area contributed by atoms with Crippen LogP contribution in [0.15, 0.2) is 47.4 Å². The second-order valence-electron chi connectivity index (χ2n) is 4.50. The number of rotatable bonds is 7. The van der Waals surface area contributed by atoms with Crippen LogP contribution in [-0.4, -0.2) is 20.0 Å². The number of anilines is 1. The molecular weight excluding hydrogens is 282 g/mol. The molecule has 0 spiro atoms. The first kappa shape index (κ1) is 15.6. The summed E-state index contributed by atoms with van der Waals surface area (Å²) in [6.07, 6.45) is 0. The van der Waals surface area contributed by atoms with Crippen molar-refractivity contribution in [2.24, 2.45) is 0 Å². The Kier molecular flexibility index (Phi) is 5.81. The van der Waals surface area contributed by atoms with Crippen molar-refractivity contribution in [2.75, 3.05) is 25.3 Å². The molecule has 4 heteroatoms. The number of nitrogens with one attached hydrogen (secondary N) is 1. The van der Waals surface area contributed by atoms with E-state index in [-0.39, 0.29) is 0 Å². The quantitative estimate of drug-likeness (QED) is 0.767. The summed E-state index contributed by atoms with van der Waals surface area (Å²) in [4.78, 5) is 1.27. The summed E-state index contributed by atoms with van der Waals surface area (Å²) in [6, 6.07) is 14.3. The lowest BCUT2D eigenvalue weighted by Crippen LogP contribution is -2.01. The SMILES string of the molecule is CCSc1ccccc1NCc1cc(OC)cc(OC)c1. The first-order chi connectivity index (χ1) is 10.3. The van der Waals surface area contributed by atoms with Crippen LogP contribution in [0, 0.1) is 0 Å². The van der Waals surface area contributed by atoms with Crippen molar-refractivity contribution in [2.45, 2.75) is 18.4 Å². The zero-order valence-corrected chi connectivity index (χ0v) is 13.5. The highest BCUT2D eigenvalue weighted by Gasteiger charge is 2.04. The van der Waals surface area contributed by atoms with Crippen LogP contribution in [0.25, 0.3) is 0 Å². The summed E-state index contributed by atoms with van der Waals surface area (Å²) in [5, 5.41) is 3.49. The Morgan fingerprint density at radius 3 is 2.29 bits per heavy atom. The Morgan fingerprint density at radius 1 is 1.00 bits per heavy atom. The molecule has 0 aliphatic carbocycles. The van der Waals surface area contributed by atoms with E-state index in [0.29, 0.717) is 0 Å². The molecule has 112 valence electrons. The topological polar surface area (TPSA) is 30.5 Å². The molecule has 2 aromatic carbocycles. The van der Waals surface area contributed by atoms with Gasteiger partial charge in [0.2, 0.25) is 0 Å². The van der Waals surface area contributed by atoms with E-state index < -0.39 is 0 Å². The van der Waals surface area contributed by atoms with Gasteiger partial charge in [-0.25, -0.2) is 0 Å². The van der Waals surface area contributed by atoms with Crippen LogP contribution in [0.5, 0.6) is 11.5 Å². The molecular formula is C17H21NO2S. The summed E-state index contributed by atoms with van der Waals surface area (Å²) in [7, 11) is 3.33. The molecule has 0 aliphatic rings. The molecule has 3 nitrogen and oxygen atoms in total. The third-order valence-corrected chi connectivity index (χ3v) is 4.04. The van der Waals surface area contributed by atoms with Crippen molar-refractivity contribution >= 4 is 17.4 Å². The second-order valence-corrected chi connectivity index (χ2v) is 5.81. The Hall–Kier alpha value is -1.81. The zero-order valence-electron chi connectivity index (χ0n) is 12.7. The molecule has 1 N–H and O–H groups in total. The smallest absolute Gasteiger partial charge is 0.122 e. The number of hydrogen-bond acceptors (Lipinski definition) is 4. The average molecular weight is 303 g/mol. The normalized spacial score (nSPS) is 10.2. The Balaban J connectivity index is 2.12. The van der Waals surface area contributed by atoms with E-state index in [1.807, 2.05) is 36.0 Å². The van der Waals surface area contributed by atoms with Gasteiger partial charge in [-0.05, 0) is 35.6 Å². The van der Waals surface area contributed by atoms with Crippen LogP contribution in [0.1, 0.15) is 12.5 Å². The largest absolute Gasteiger partial charge is 0.497 e. The van der Waals surface area contributed by atoms with Gasteiger partial charge in [-0.1, -0.05) is 19.1 Å². The molecule has 0 fully saturated rings. The molecule has 0 radical (unpaired) electrons. The Morgan fingerprint density at radius 2 is 1.67 bits per heavy atom. The van der Waals surface area contributed by atoms with E-state index in [9.17, 15) is 0 Å². The van der Waals surface area contributed by atoms with Gasteiger partial charge in [0.1, 0.15) is 11.5 Å². The molecule has 0 bridgehead atoms. The Bertz CT molecular complexity index is 565. The van der Waals surface area contributed by atoms with E-state index in [0.717, 1.165) is 35.0 Å². The highest BCUT2D eigenvalue weighted by Crippen LogP contribution is 2.28. The fourth-order valence-corrected chi connectivity index (χ4v) is 2.84. The lowest BCUT2D eigenvalue weighted by atomic mass is 10.2. The molecule has 0 heterocycles. The summed E-state index contributed by atoms with van der Waals surface area (Å²) < 4.78 is 10.6. The minimum atomic E-state index is 0.731. The maximum Gasteiger partial charge on any atom is 0.122 e. The lowest BCUT2D eigenvalue weighted by molar-refractivity contribution is 0.393. The molecule has 0 saturated carbocycles. The van der Waals surface area contributed by atoms with Crippen LogP contribution in [-0.2, 0) is 6.54 Å². The molecule has 2 aromatic rings. The van der Waals surface area contributed by atoms with E-state index in [2.05, 4.69) is 30.4 Å². The van der Waals surface area contributed by atoms with Gasteiger partial charge >= 0.3 is 0 Å². The lowest BCUT2D eigenvalue weighted by Gasteiger charge is -2.13. The minimum absolute atomic E-state index is 0.731. The third kappa shape index (κ3) is 4.33. The maximum atomic E-state index is 5.30. The van der Waals surface area contributed by atoms with E-state index in [4.69, 9.17) is 9.47 Å². The first-order valence-corrected chi connectivity index (χ1v) is 7.93. The molecule has 0 atom stereocenters. The first-order valence-electron chi connectivity index (χ1n) is 6.94. The highest BCUT2D eigenvalue weighted by atomic mass is 32.2. The highest BCUT2D eigenvalue weighted by molar-refractivity contribution is 7.99. The van der Waals surface area contributed by atoms with Gasteiger partial charge in [0, 0.05) is 23.2 Å². The van der Waals surface area contributed by atoms with Crippen molar-refractivity contribution in [3.8, 4) is 11.5 Å². The number of para-hydroxylation sites is 1. The van der Waals surface area contributed by atoms with Crippen molar-refractivity contribution in [3.05, 3.63) is 48.0 Å². The predicted molar refractivity (Wildman–Crippen MR) is 89.7 cm³/mol. The zero-order chi connectivity index (χ0) is 15.1. The predicted octanol–water partition coefficient (Wildman–Crippen LogP) is 4.43. The van der Waals surface area contributed by atoms with Gasteiger partial charge in [0.05, 0.1) is 14.2 Å². The molecule has 0 amide bonds. The monoisotopic (exact) mass is 303 g/mol. The second kappa shape index (κ2) is 7.84. The molecule has 21 heavy (non-hydrogen) atoms. The van der Waals surface area contributed by atoms with Crippen LogP contribution in [0.4, 0.5) is 5.69 Å². The van der Waals surface area contributed by atoms with Crippen molar-refractivity contribution in [1.82, 2.24) is 0 Å². The van der Waals surface area contributed by atoms with E-state index in [1.165, 1.54) is 4.90 Å². The fraction of sp³-hybridized carbons (Fsp3) is 0.294. The van der Waals surface area contributed by atoms with Crippen LogP contribution in [0.3, 0.4) is 0 Å². The maximum absolute atomic E-state index is 5.30. The number of benzene rings is 2. The summed E-state index contributed by atoms with van der Waals surface area (Å²) in [5.41, 5.74) is 2.29. The van der Waals surface area contributed by atoms with E-state index >= 15 is 0 Å². The summed E-state index contributed by atoms with van der Waals surface area (Å²) in [5.74, 6) is 2.68. The number of methoxy groups -OCH3 is 2. The van der Waals surface area contributed by atoms with Crippen LogP contribution < -0.4 is 14.8 Å². The third-order valence-electron chi connectivity index (χ3n) is 3.08. The van der Waals surface area contributed by atoms with Gasteiger partial charge in [-0.2, -0.15) is 0 Å². The standard InChI is InChI=1S/C17H21NO2S/c1-4-21-17-8-6-5-7-16(17)18-12-13-9-14(19-2)11-15(10-13)20-3/h5-11,18H,4,12H2,1-3H3. The molecule has 0 aromatic heterocycles. The van der Waals surface area contributed by atoms with Gasteiger partial charge in [-0.3, -0.25) is 0 Å². The van der Waals surface area contributed by atoms with Gasteiger partial charge in [-0.15, -0.1) is 11.8 Å². The fourth-order valence-electron chi connectivity index (χ4n) is 2.06. The van der Waals surface area contributed by atoms with Crippen molar-refractivity contribution < 1.29 is 9.47 Å². The van der Waals surface area contributed by atoms with Gasteiger partial charge in [0.25, 0.3) is 0 Å². The van der Waals surface area contributed by atoms with Crippen molar-refractivity contribution in [1.29, 1.82) is 0 Å². The molecule has 0 saturated heterocycles. The minimum Gasteiger partial charge on any atom is -0.497 e. The number of hydrogen-bond donors (Lipinski definition) is 1. The Labute approximate surface area is 130 Å². The average Bonchev–Trinajstić information content (AvgIpc) is 2.54. The van der Waals surface area contributed by atoms with Gasteiger partial charge < -0.3 is 14.8 Å². The van der Waals surface area contributed by atoms with Crippen molar-refractivity contribution in [3.63, 3.8) is 0 Å².